The lowest BCUT2D eigenvalue weighted by Gasteiger charge is -2.31. The van der Waals surface area contributed by atoms with E-state index in [1.807, 2.05) is 18.4 Å². The minimum absolute atomic E-state index is 0.315. The highest BCUT2D eigenvalue weighted by atomic mass is 32.1. The second-order valence-corrected chi connectivity index (χ2v) is 6.71. The van der Waals surface area contributed by atoms with Gasteiger partial charge in [0.1, 0.15) is 0 Å². The van der Waals surface area contributed by atoms with E-state index in [0.717, 1.165) is 0 Å². The van der Waals surface area contributed by atoms with Gasteiger partial charge in [-0.3, -0.25) is 0 Å². The average molecular weight is 301 g/mol. The van der Waals surface area contributed by atoms with Gasteiger partial charge in [-0.25, -0.2) is 0 Å². The van der Waals surface area contributed by atoms with Crippen LogP contribution in [0.4, 0.5) is 0 Å². The Hall–Kier alpha value is -1.16. The summed E-state index contributed by atoms with van der Waals surface area (Å²) in [5.74, 6) is 0. The summed E-state index contributed by atoms with van der Waals surface area (Å²) in [6.45, 7) is 0. The van der Waals surface area contributed by atoms with Crippen LogP contribution in [0, 0.1) is 0 Å². The summed E-state index contributed by atoms with van der Waals surface area (Å²) in [6, 6.07) is 16.0. The Morgan fingerprint density at radius 1 is 1.05 bits per heavy atom. The van der Waals surface area contributed by atoms with E-state index in [1.54, 1.807) is 0 Å². The zero-order valence-corrected chi connectivity index (χ0v) is 13.3. The molecule has 1 heterocycles. The van der Waals surface area contributed by atoms with E-state index in [9.17, 15) is 0 Å². The Bertz CT molecular complexity index is 517. The molecule has 1 atom stereocenters. The van der Waals surface area contributed by atoms with Crippen molar-refractivity contribution in [2.75, 3.05) is 7.11 Å². The first-order valence-corrected chi connectivity index (χ1v) is 8.62. The maximum Gasteiger partial charge on any atom is 0.0673 e. The molecule has 0 spiro atoms. The lowest BCUT2D eigenvalue weighted by Crippen LogP contribution is -2.37. The van der Waals surface area contributed by atoms with E-state index in [2.05, 4.69) is 53.2 Å². The van der Waals surface area contributed by atoms with Crippen molar-refractivity contribution in [2.45, 2.75) is 43.9 Å². The molecule has 1 N–H and O–H groups in total. The van der Waals surface area contributed by atoms with Crippen molar-refractivity contribution in [1.29, 1.82) is 0 Å². The minimum Gasteiger partial charge on any atom is -0.381 e. The van der Waals surface area contributed by atoms with Crippen molar-refractivity contribution in [1.82, 2.24) is 5.32 Å². The van der Waals surface area contributed by atoms with Crippen molar-refractivity contribution in [3.8, 4) is 0 Å². The van der Waals surface area contributed by atoms with Crippen LogP contribution in [0.5, 0.6) is 0 Å². The Morgan fingerprint density at radius 3 is 2.43 bits per heavy atom. The lowest BCUT2D eigenvalue weighted by molar-refractivity contribution is 0.0617. The molecule has 3 heteroatoms. The standard InChI is InChI=1S/C18H23NOS/c1-20-16-11-9-15(10-12-16)19-18(17-8-5-13-21-17)14-6-3-2-4-7-14/h2-8,13,15-16,18-19H,9-12H2,1H3. The molecule has 21 heavy (non-hydrogen) atoms. The van der Waals surface area contributed by atoms with Crippen molar-refractivity contribution in [2.24, 2.45) is 0 Å². The van der Waals surface area contributed by atoms with Crippen LogP contribution in [-0.2, 0) is 4.74 Å². The first-order valence-electron chi connectivity index (χ1n) is 7.74. The van der Waals surface area contributed by atoms with E-state index in [-0.39, 0.29) is 0 Å². The number of methoxy groups -OCH3 is 1. The molecule has 0 aliphatic heterocycles. The molecule has 1 unspecified atom stereocenters. The zero-order valence-electron chi connectivity index (χ0n) is 12.5. The third-order valence-electron chi connectivity index (χ3n) is 4.37. The molecule has 2 nitrogen and oxygen atoms in total. The predicted octanol–water partition coefficient (Wildman–Crippen LogP) is 4.38. The fourth-order valence-corrected chi connectivity index (χ4v) is 3.96. The molecular formula is C18H23NOS. The molecule has 0 radical (unpaired) electrons. The number of ether oxygens (including phenoxy) is 1. The summed E-state index contributed by atoms with van der Waals surface area (Å²) in [5, 5.41) is 6.04. The topological polar surface area (TPSA) is 21.3 Å². The van der Waals surface area contributed by atoms with Gasteiger partial charge in [0.2, 0.25) is 0 Å². The Morgan fingerprint density at radius 2 is 1.81 bits per heavy atom. The molecular weight excluding hydrogens is 278 g/mol. The summed E-state index contributed by atoms with van der Waals surface area (Å²) in [6.07, 6.45) is 5.20. The fourth-order valence-electron chi connectivity index (χ4n) is 3.14. The predicted molar refractivity (Wildman–Crippen MR) is 88.8 cm³/mol. The highest BCUT2D eigenvalue weighted by Gasteiger charge is 2.24. The third kappa shape index (κ3) is 3.73. The van der Waals surface area contributed by atoms with Crippen LogP contribution >= 0.6 is 11.3 Å². The van der Waals surface area contributed by atoms with E-state index in [4.69, 9.17) is 4.74 Å². The number of rotatable bonds is 5. The highest BCUT2D eigenvalue weighted by Crippen LogP contribution is 2.29. The van der Waals surface area contributed by atoms with Gasteiger partial charge in [0.05, 0.1) is 12.1 Å². The molecule has 1 aromatic carbocycles. The van der Waals surface area contributed by atoms with E-state index in [1.165, 1.54) is 36.1 Å². The summed E-state index contributed by atoms with van der Waals surface area (Å²) >= 11 is 1.83. The number of thiophene rings is 1. The van der Waals surface area contributed by atoms with E-state index in [0.29, 0.717) is 18.2 Å². The number of benzene rings is 1. The fraction of sp³-hybridized carbons (Fsp3) is 0.444. The van der Waals surface area contributed by atoms with Gasteiger partial charge >= 0.3 is 0 Å². The van der Waals surface area contributed by atoms with Crippen molar-refractivity contribution in [3.63, 3.8) is 0 Å². The van der Waals surface area contributed by atoms with Gasteiger partial charge in [-0.2, -0.15) is 0 Å². The van der Waals surface area contributed by atoms with Crippen molar-refractivity contribution >= 4 is 11.3 Å². The highest BCUT2D eigenvalue weighted by molar-refractivity contribution is 7.10. The van der Waals surface area contributed by atoms with Crippen LogP contribution in [0.15, 0.2) is 47.8 Å². The first-order chi connectivity index (χ1) is 10.4. The largest absolute Gasteiger partial charge is 0.381 e. The van der Waals surface area contributed by atoms with Gasteiger partial charge in [-0.05, 0) is 42.7 Å². The molecule has 1 aliphatic carbocycles. The molecule has 0 saturated heterocycles. The van der Waals surface area contributed by atoms with Crippen molar-refractivity contribution in [3.05, 3.63) is 58.3 Å². The molecule has 112 valence electrons. The van der Waals surface area contributed by atoms with Gasteiger partial charge in [-0.15, -0.1) is 11.3 Å². The number of hydrogen-bond donors (Lipinski definition) is 1. The normalized spacial score (nSPS) is 23.9. The second-order valence-electron chi connectivity index (χ2n) is 5.74. The van der Waals surface area contributed by atoms with Gasteiger partial charge < -0.3 is 10.1 Å². The molecule has 1 saturated carbocycles. The second kappa shape index (κ2) is 7.21. The lowest BCUT2D eigenvalue weighted by atomic mass is 9.91. The maximum absolute atomic E-state index is 5.48. The molecule has 2 aromatic rings. The van der Waals surface area contributed by atoms with Crippen LogP contribution in [0.25, 0.3) is 0 Å². The van der Waals surface area contributed by atoms with Crippen molar-refractivity contribution < 1.29 is 4.74 Å². The monoisotopic (exact) mass is 301 g/mol. The van der Waals surface area contributed by atoms with Crippen LogP contribution in [0.3, 0.4) is 0 Å². The molecule has 1 fully saturated rings. The Labute approximate surface area is 131 Å². The third-order valence-corrected chi connectivity index (χ3v) is 5.31. The summed E-state index contributed by atoms with van der Waals surface area (Å²) in [4.78, 5) is 1.40. The van der Waals surface area contributed by atoms with Crippen LogP contribution in [-0.4, -0.2) is 19.3 Å². The molecule has 0 amide bonds. The molecule has 1 aliphatic rings. The average Bonchev–Trinajstić information content (AvgIpc) is 3.08. The molecule has 0 bridgehead atoms. The van der Waals surface area contributed by atoms with Crippen LogP contribution in [0.2, 0.25) is 0 Å². The van der Waals surface area contributed by atoms with Crippen LogP contribution < -0.4 is 5.32 Å². The Kier molecular flexibility index (Phi) is 5.07. The van der Waals surface area contributed by atoms with Gasteiger partial charge in [0, 0.05) is 18.0 Å². The van der Waals surface area contributed by atoms with Crippen LogP contribution in [0.1, 0.15) is 42.2 Å². The molecule has 1 aromatic heterocycles. The zero-order chi connectivity index (χ0) is 14.5. The molecule has 3 rings (SSSR count). The quantitative estimate of drug-likeness (QED) is 0.884. The maximum atomic E-state index is 5.48. The van der Waals surface area contributed by atoms with E-state index >= 15 is 0 Å². The van der Waals surface area contributed by atoms with E-state index < -0.39 is 0 Å². The summed E-state index contributed by atoms with van der Waals surface area (Å²) in [7, 11) is 1.83. The smallest absolute Gasteiger partial charge is 0.0673 e. The summed E-state index contributed by atoms with van der Waals surface area (Å²) < 4.78 is 5.48. The minimum atomic E-state index is 0.315. The van der Waals surface area contributed by atoms with Gasteiger partial charge in [-0.1, -0.05) is 36.4 Å². The number of hydrogen-bond acceptors (Lipinski definition) is 3. The van der Waals surface area contributed by atoms with Gasteiger partial charge in [0.15, 0.2) is 0 Å². The number of nitrogens with one attached hydrogen (secondary N) is 1. The van der Waals surface area contributed by atoms with Gasteiger partial charge in [0.25, 0.3) is 0 Å². The summed E-state index contributed by atoms with van der Waals surface area (Å²) in [5.41, 5.74) is 1.36. The Balaban J connectivity index is 1.72. The SMILES string of the molecule is COC1CCC(NC(c2ccccc2)c2cccs2)CC1. The first kappa shape index (κ1) is 14.8.